The summed E-state index contributed by atoms with van der Waals surface area (Å²) in [6.45, 7) is 8.59. The minimum atomic E-state index is -0.0333. The molecule has 3 heteroatoms. The molecule has 3 nitrogen and oxygen atoms in total. The molecule has 0 saturated carbocycles. The molecule has 2 rings (SSSR count). The van der Waals surface area contributed by atoms with Crippen LogP contribution in [0.5, 0.6) is 0 Å². The van der Waals surface area contributed by atoms with Gasteiger partial charge in [0.15, 0.2) is 0 Å². The molecule has 2 aromatic rings. The summed E-state index contributed by atoms with van der Waals surface area (Å²) in [7, 11) is 0. The van der Waals surface area contributed by atoms with Gasteiger partial charge in [0.25, 0.3) is 0 Å². The van der Waals surface area contributed by atoms with Crippen molar-refractivity contribution >= 4 is 17.3 Å². The van der Waals surface area contributed by atoms with Gasteiger partial charge >= 0.3 is 0 Å². The third kappa shape index (κ3) is 4.10. The van der Waals surface area contributed by atoms with Gasteiger partial charge in [-0.1, -0.05) is 44.2 Å². The summed E-state index contributed by atoms with van der Waals surface area (Å²) in [5.74, 6) is 0.345. The van der Waals surface area contributed by atoms with Crippen molar-refractivity contribution in [1.82, 2.24) is 0 Å². The van der Waals surface area contributed by atoms with E-state index in [9.17, 15) is 4.79 Å². The lowest BCUT2D eigenvalue weighted by Crippen LogP contribution is -2.22. The van der Waals surface area contributed by atoms with Gasteiger partial charge in [-0.05, 0) is 48.6 Å². The molecule has 0 spiro atoms. The molecule has 2 aromatic carbocycles. The van der Waals surface area contributed by atoms with Crippen molar-refractivity contribution in [3.63, 3.8) is 0 Å². The molecule has 0 aromatic heterocycles. The zero-order valence-electron chi connectivity index (χ0n) is 13.7. The normalized spacial score (nSPS) is 10.6. The van der Waals surface area contributed by atoms with E-state index in [1.807, 2.05) is 32.0 Å². The number of aryl methyl sites for hydroxylation is 2. The first-order valence-electron chi connectivity index (χ1n) is 7.67. The Kier molecular flexibility index (Phi) is 5.21. The molecule has 0 unspecified atom stereocenters. The molecular formula is C19H24N2O. The predicted octanol–water partition coefficient (Wildman–Crippen LogP) is 4.48. The van der Waals surface area contributed by atoms with Crippen molar-refractivity contribution in [3.05, 3.63) is 59.2 Å². The van der Waals surface area contributed by atoms with Gasteiger partial charge in [0.2, 0.25) is 5.91 Å². The first kappa shape index (κ1) is 16.1. The maximum atomic E-state index is 12.2. The lowest BCUT2D eigenvalue weighted by atomic mass is 10.0. The van der Waals surface area contributed by atoms with Crippen LogP contribution in [0.3, 0.4) is 0 Å². The Morgan fingerprint density at radius 1 is 1.05 bits per heavy atom. The molecule has 0 aliphatic rings. The summed E-state index contributed by atoms with van der Waals surface area (Å²) >= 11 is 0. The van der Waals surface area contributed by atoms with Crippen LogP contribution in [0.15, 0.2) is 42.5 Å². The van der Waals surface area contributed by atoms with Crippen molar-refractivity contribution in [2.24, 2.45) is 0 Å². The lowest BCUT2D eigenvalue weighted by Gasteiger charge is -2.15. The summed E-state index contributed by atoms with van der Waals surface area (Å²) in [5.41, 5.74) is 5.37. The Morgan fingerprint density at radius 2 is 1.77 bits per heavy atom. The van der Waals surface area contributed by atoms with Gasteiger partial charge in [-0.15, -0.1) is 0 Å². The first-order valence-corrected chi connectivity index (χ1v) is 7.67. The lowest BCUT2D eigenvalue weighted by molar-refractivity contribution is -0.114. The van der Waals surface area contributed by atoms with E-state index in [-0.39, 0.29) is 12.5 Å². The minimum Gasteiger partial charge on any atom is -0.376 e. The highest BCUT2D eigenvalue weighted by Crippen LogP contribution is 2.23. The van der Waals surface area contributed by atoms with E-state index in [0.29, 0.717) is 5.92 Å². The number of benzene rings is 2. The van der Waals surface area contributed by atoms with Gasteiger partial charge in [-0.2, -0.15) is 0 Å². The molecule has 1 amide bonds. The molecule has 0 fully saturated rings. The van der Waals surface area contributed by atoms with Gasteiger partial charge in [-0.3, -0.25) is 4.79 Å². The third-order valence-electron chi connectivity index (χ3n) is 3.69. The molecule has 0 aliphatic heterocycles. The van der Waals surface area contributed by atoms with Crippen LogP contribution in [-0.4, -0.2) is 12.5 Å². The van der Waals surface area contributed by atoms with Crippen LogP contribution < -0.4 is 10.6 Å². The van der Waals surface area contributed by atoms with Crippen LogP contribution in [0.2, 0.25) is 0 Å². The second-order valence-corrected chi connectivity index (χ2v) is 5.96. The molecule has 0 heterocycles. The largest absolute Gasteiger partial charge is 0.376 e. The molecule has 0 radical (unpaired) electrons. The van der Waals surface area contributed by atoms with Crippen LogP contribution in [0.4, 0.5) is 11.4 Å². The number of carbonyl (C=O) groups is 1. The minimum absolute atomic E-state index is 0.0333. The van der Waals surface area contributed by atoms with Gasteiger partial charge in [0.05, 0.1) is 6.54 Å². The summed E-state index contributed by atoms with van der Waals surface area (Å²) in [6.07, 6.45) is 0. The maximum absolute atomic E-state index is 12.2. The number of carbonyl (C=O) groups excluding carboxylic acids is 1. The smallest absolute Gasteiger partial charge is 0.243 e. The number of hydrogen-bond acceptors (Lipinski definition) is 2. The number of para-hydroxylation sites is 1. The zero-order chi connectivity index (χ0) is 16.1. The van der Waals surface area contributed by atoms with Crippen molar-refractivity contribution in [1.29, 1.82) is 0 Å². The van der Waals surface area contributed by atoms with Crippen LogP contribution >= 0.6 is 0 Å². The van der Waals surface area contributed by atoms with E-state index in [1.165, 1.54) is 5.56 Å². The quantitative estimate of drug-likeness (QED) is 0.854. The molecular weight excluding hydrogens is 272 g/mol. The Balaban J connectivity index is 2.01. The van der Waals surface area contributed by atoms with E-state index in [1.54, 1.807) is 0 Å². The van der Waals surface area contributed by atoms with Gasteiger partial charge in [-0.25, -0.2) is 0 Å². The molecule has 0 atom stereocenters. The Morgan fingerprint density at radius 3 is 2.50 bits per heavy atom. The predicted molar refractivity (Wildman–Crippen MR) is 93.6 cm³/mol. The summed E-state index contributed by atoms with van der Waals surface area (Å²) in [6, 6.07) is 14.1. The van der Waals surface area contributed by atoms with Crippen molar-refractivity contribution < 1.29 is 4.79 Å². The average Bonchev–Trinajstić information content (AvgIpc) is 2.48. The van der Waals surface area contributed by atoms with E-state index in [4.69, 9.17) is 0 Å². The van der Waals surface area contributed by atoms with E-state index >= 15 is 0 Å². The number of amides is 1. The van der Waals surface area contributed by atoms with Crippen molar-refractivity contribution in [2.75, 3.05) is 17.2 Å². The number of hydrogen-bond donors (Lipinski definition) is 2. The fourth-order valence-corrected chi connectivity index (χ4v) is 2.41. The summed E-state index contributed by atoms with van der Waals surface area (Å²) < 4.78 is 0. The van der Waals surface area contributed by atoms with Gasteiger partial charge in [0, 0.05) is 11.4 Å². The molecule has 22 heavy (non-hydrogen) atoms. The van der Waals surface area contributed by atoms with Crippen molar-refractivity contribution in [2.45, 2.75) is 33.6 Å². The SMILES string of the molecule is Cc1ccc(C)c(NCC(=O)Nc2ccccc2C(C)C)c1. The van der Waals surface area contributed by atoms with Crippen LogP contribution in [-0.2, 0) is 4.79 Å². The molecule has 0 aliphatic carbocycles. The first-order chi connectivity index (χ1) is 10.5. The Labute approximate surface area is 132 Å². The van der Waals surface area contributed by atoms with E-state index in [2.05, 4.69) is 48.7 Å². The highest BCUT2D eigenvalue weighted by atomic mass is 16.1. The second kappa shape index (κ2) is 7.12. The fourth-order valence-electron chi connectivity index (χ4n) is 2.41. The standard InChI is InChI=1S/C19H24N2O/c1-13(2)16-7-5-6-8-17(16)21-19(22)12-20-18-11-14(3)9-10-15(18)4/h5-11,13,20H,12H2,1-4H3,(H,21,22). The van der Waals surface area contributed by atoms with Gasteiger partial charge < -0.3 is 10.6 Å². The van der Waals surface area contributed by atoms with Gasteiger partial charge in [0.1, 0.15) is 0 Å². The average molecular weight is 296 g/mol. The van der Waals surface area contributed by atoms with Crippen LogP contribution in [0.25, 0.3) is 0 Å². The summed E-state index contributed by atoms with van der Waals surface area (Å²) in [4.78, 5) is 12.2. The highest BCUT2D eigenvalue weighted by molar-refractivity contribution is 5.94. The number of rotatable bonds is 5. The van der Waals surface area contributed by atoms with E-state index < -0.39 is 0 Å². The van der Waals surface area contributed by atoms with E-state index in [0.717, 1.165) is 22.5 Å². The summed E-state index contributed by atoms with van der Waals surface area (Å²) in [5, 5.41) is 6.21. The highest BCUT2D eigenvalue weighted by Gasteiger charge is 2.09. The Bertz CT molecular complexity index is 662. The maximum Gasteiger partial charge on any atom is 0.243 e. The zero-order valence-corrected chi connectivity index (χ0v) is 13.7. The fraction of sp³-hybridized carbons (Fsp3) is 0.316. The second-order valence-electron chi connectivity index (χ2n) is 5.96. The number of nitrogens with one attached hydrogen (secondary N) is 2. The van der Waals surface area contributed by atoms with Crippen LogP contribution in [0, 0.1) is 13.8 Å². The molecule has 2 N–H and O–H groups in total. The molecule has 0 saturated heterocycles. The van der Waals surface area contributed by atoms with Crippen LogP contribution in [0.1, 0.15) is 36.5 Å². The Hall–Kier alpha value is -2.29. The number of anilines is 2. The molecule has 116 valence electrons. The molecule has 0 bridgehead atoms. The topological polar surface area (TPSA) is 41.1 Å². The third-order valence-corrected chi connectivity index (χ3v) is 3.69. The van der Waals surface area contributed by atoms with Crippen molar-refractivity contribution in [3.8, 4) is 0 Å². The monoisotopic (exact) mass is 296 g/mol.